The second-order valence-corrected chi connectivity index (χ2v) is 5.09. The Hall–Kier alpha value is -1.22. The van der Waals surface area contributed by atoms with Gasteiger partial charge in [-0.3, -0.25) is 0 Å². The summed E-state index contributed by atoms with van der Waals surface area (Å²) < 4.78 is 5.14. The number of ether oxygens (including phenoxy) is 1. The third-order valence-corrected chi connectivity index (χ3v) is 3.43. The van der Waals surface area contributed by atoms with E-state index in [0.29, 0.717) is 22.2 Å². The van der Waals surface area contributed by atoms with Gasteiger partial charge in [0.15, 0.2) is 0 Å². The van der Waals surface area contributed by atoms with Crippen molar-refractivity contribution in [2.24, 2.45) is 0 Å². The van der Waals surface area contributed by atoms with Crippen molar-refractivity contribution in [3.8, 4) is 5.75 Å². The Morgan fingerprint density at radius 3 is 2.63 bits per heavy atom. The van der Waals surface area contributed by atoms with Gasteiger partial charge in [-0.15, -0.1) is 0 Å². The van der Waals surface area contributed by atoms with Crippen LogP contribution >= 0.6 is 23.2 Å². The molecule has 0 amide bonds. The molecular formula is C15H14Cl2O2. The highest BCUT2D eigenvalue weighted by Gasteiger charge is 2.11. The first-order valence-electron chi connectivity index (χ1n) is 5.86. The molecule has 1 atom stereocenters. The first kappa shape index (κ1) is 14.2. The number of aliphatic hydroxyl groups is 1. The smallest absolute Gasteiger partial charge is 0.137 e. The monoisotopic (exact) mass is 296 g/mol. The van der Waals surface area contributed by atoms with Crippen LogP contribution in [0.4, 0.5) is 0 Å². The van der Waals surface area contributed by atoms with E-state index in [2.05, 4.69) is 0 Å². The van der Waals surface area contributed by atoms with E-state index in [1.807, 2.05) is 24.3 Å². The van der Waals surface area contributed by atoms with Gasteiger partial charge in [0.05, 0.1) is 18.2 Å². The predicted molar refractivity (Wildman–Crippen MR) is 78.1 cm³/mol. The average molecular weight is 297 g/mol. The molecule has 1 unspecified atom stereocenters. The molecule has 2 nitrogen and oxygen atoms in total. The summed E-state index contributed by atoms with van der Waals surface area (Å²) in [6, 6.07) is 12.7. The average Bonchev–Trinajstić information content (AvgIpc) is 2.39. The van der Waals surface area contributed by atoms with Crippen molar-refractivity contribution in [1.29, 1.82) is 0 Å². The van der Waals surface area contributed by atoms with Gasteiger partial charge in [0.2, 0.25) is 0 Å². The number of methoxy groups -OCH3 is 1. The molecule has 0 aliphatic carbocycles. The Morgan fingerprint density at radius 1 is 1.16 bits per heavy atom. The minimum atomic E-state index is -0.621. The van der Waals surface area contributed by atoms with Gasteiger partial charge in [-0.25, -0.2) is 0 Å². The third kappa shape index (κ3) is 3.63. The van der Waals surface area contributed by atoms with Gasteiger partial charge in [0.1, 0.15) is 5.75 Å². The van der Waals surface area contributed by atoms with Crippen molar-refractivity contribution in [1.82, 2.24) is 0 Å². The van der Waals surface area contributed by atoms with Crippen molar-refractivity contribution in [3.63, 3.8) is 0 Å². The van der Waals surface area contributed by atoms with Crippen molar-refractivity contribution in [2.45, 2.75) is 12.5 Å². The summed E-state index contributed by atoms with van der Waals surface area (Å²) in [6.45, 7) is 0. The lowest BCUT2D eigenvalue weighted by atomic mass is 10.0. The van der Waals surface area contributed by atoms with E-state index in [1.165, 1.54) is 0 Å². The number of benzene rings is 2. The summed E-state index contributed by atoms with van der Waals surface area (Å²) in [7, 11) is 1.55. The van der Waals surface area contributed by atoms with E-state index in [4.69, 9.17) is 27.9 Å². The fourth-order valence-electron chi connectivity index (χ4n) is 1.89. The minimum Gasteiger partial charge on any atom is -0.495 e. The molecule has 0 spiro atoms. The lowest BCUT2D eigenvalue weighted by molar-refractivity contribution is 0.178. The largest absolute Gasteiger partial charge is 0.495 e. The van der Waals surface area contributed by atoms with Gasteiger partial charge in [0, 0.05) is 11.4 Å². The molecule has 0 heterocycles. The van der Waals surface area contributed by atoms with E-state index in [-0.39, 0.29) is 0 Å². The Morgan fingerprint density at radius 2 is 1.95 bits per heavy atom. The summed E-state index contributed by atoms with van der Waals surface area (Å²) in [5.74, 6) is 0.560. The lowest BCUT2D eigenvalue weighted by Crippen LogP contribution is -2.02. The summed E-state index contributed by atoms with van der Waals surface area (Å²) >= 11 is 11.9. The molecule has 0 aromatic heterocycles. The molecule has 19 heavy (non-hydrogen) atoms. The normalized spacial score (nSPS) is 12.2. The molecule has 0 radical (unpaired) electrons. The zero-order chi connectivity index (χ0) is 13.8. The first-order chi connectivity index (χ1) is 9.10. The third-order valence-electron chi connectivity index (χ3n) is 2.88. The van der Waals surface area contributed by atoms with Gasteiger partial charge in [-0.05, 0) is 35.4 Å². The van der Waals surface area contributed by atoms with Crippen LogP contribution in [-0.4, -0.2) is 12.2 Å². The Labute approximate surface area is 122 Å². The number of rotatable bonds is 4. The molecule has 4 heteroatoms. The topological polar surface area (TPSA) is 29.5 Å². The molecule has 2 aromatic rings. The van der Waals surface area contributed by atoms with Gasteiger partial charge < -0.3 is 9.84 Å². The molecule has 2 aromatic carbocycles. The highest BCUT2D eigenvalue weighted by molar-refractivity contribution is 6.32. The van der Waals surface area contributed by atoms with Gasteiger partial charge in [-0.1, -0.05) is 41.4 Å². The Kier molecular flexibility index (Phi) is 4.70. The molecule has 1 N–H and O–H groups in total. The van der Waals surface area contributed by atoms with E-state index in [1.54, 1.807) is 25.3 Å². The molecule has 100 valence electrons. The summed E-state index contributed by atoms with van der Waals surface area (Å²) in [5, 5.41) is 11.4. The van der Waals surface area contributed by atoms with E-state index in [9.17, 15) is 5.11 Å². The van der Waals surface area contributed by atoms with Crippen LogP contribution in [-0.2, 0) is 6.42 Å². The number of hydrogen-bond donors (Lipinski definition) is 1. The predicted octanol–water partition coefficient (Wildman–Crippen LogP) is 4.28. The summed E-state index contributed by atoms with van der Waals surface area (Å²) in [6.07, 6.45) is -0.129. The van der Waals surface area contributed by atoms with Crippen LogP contribution in [0.15, 0.2) is 42.5 Å². The maximum absolute atomic E-state index is 10.2. The van der Waals surface area contributed by atoms with Crippen LogP contribution in [0.3, 0.4) is 0 Å². The van der Waals surface area contributed by atoms with E-state index < -0.39 is 6.10 Å². The highest BCUT2D eigenvalue weighted by atomic mass is 35.5. The van der Waals surface area contributed by atoms with E-state index >= 15 is 0 Å². The second-order valence-electron chi connectivity index (χ2n) is 4.24. The highest BCUT2D eigenvalue weighted by Crippen LogP contribution is 2.29. The molecule has 2 rings (SSSR count). The number of hydrogen-bond acceptors (Lipinski definition) is 2. The minimum absolute atomic E-state index is 0.491. The Balaban J connectivity index is 2.18. The van der Waals surface area contributed by atoms with Crippen molar-refractivity contribution >= 4 is 23.2 Å². The number of aliphatic hydroxyl groups excluding tert-OH is 1. The quantitative estimate of drug-likeness (QED) is 0.912. The van der Waals surface area contributed by atoms with Crippen LogP contribution in [0.1, 0.15) is 17.2 Å². The number of halogens is 2. The summed E-state index contributed by atoms with van der Waals surface area (Å²) in [4.78, 5) is 0. The van der Waals surface area contributed by atoms with E-state index in [0.717, 1.165) is 11.1 Å². The zero-order valence-corrected chi connectivity index (χ0v) is 11.9. The standard InChI is InChI=1S/C15H14Cl2O2/c1-19-15-9-11(5-6-13(15)17)14(18)8-10-3-2-4-12(16)7-10/h2-7,9,14,18H,8H2,1H3. The first-order valence-corrected chi connectivity index (χ1v) is 6.61. The molecule has 0 aliphatic heterocycles. The molecule has 0 bridgehead atoms. The Bertz CT molecular complexity index is 570. The van der Waals surface area contributed by atoms with Crippen LogP contribution in [0.2, 0.25) is 10.0 Å². The molecule has 0 saturated carbocycles. The molecule has 0 saturated heterocycles. The van der Waals surface area contributed by atoms with Crippen molar-refractivity contribution in [3.05, 3.63) is 63.6 Å². The van der Waals surface area contributed by atoms with Gasteiger partial charge in [0.25, 0.3) is 0 Å². The fraction of sp³-hybridized carbons (Fsp3) is 0.200. The SMILES string of the molecule is COc1cc(C(O)Cc2cccc(Cl)c2)ccc1Cl. The molecule has 0 fully saturated rings. The van der Waals surface area contributed by atoms with Crippen LogP contribution < -0.4 is 4.74 Å². The van der Waals surface area contributed by atoms with Gasteiger partial charge >= 0.3 is 0 Å². The van der Waals surface area contributed by atoms with Crippen LogP contribution in [0.5, 0.6) is 5.75 Å². The maximum atomic E-state index is 10.2. The molecule has 0 aliphatic rings. The lowest BCUT2D eigenvalue weighted by Gasteiger charge is -2.13. The van der Waals surface area contributed by atoms with Crippen LogP contribution in [0, 0.1) is 0 Å². The van der Waals surface area contributed by atoms with Crippen molar-refractivity contribution < 1.29 is 9.84 Å². The molecular weight excluding hydrogens is 283 g/mol. The fourth-order valence-corrected chi connectivity index (χ4v) is 2.30. The van der Waals surface area contributed by atoms with Gasteiger partial charge in [-0.2, -0.15) is 0 Å². The zero-order valence-electron chi connectivity index (χ0n) is 10.4. The van der Waals surface area contributed by atoms with Crippen LogP contribution in [0.25, 0.3) is 0 Å². The van der Waals surface area contributed by atoms with Crippen molar-refractivity contribution in [2.75, 3.05) is 7.11 Å². The summed E-state index contributed by atoms with van der Waals surface area (Å²) in [5.41, 5.74) is 1.75. The second kappa shape index (κ2) is 6.29. The maximum Gasteiger partial charge on any atom is 0.137 e.